The van der Waals surface area contributed by atoms with Gasteiger partial charge in [-0.1, -0.05) is 35.5 Å². The predicted octanol–water partition coefficient (Wildman–Crippen LogP) is 4.05. The molecule has 0 unspecified atom stereocenters. The van der Waals surface area contributed by atoms with Crippen LogP contribution in [0, 0.1) is 0 Å². The van der Waals surface area contributed by atoms with Crippen molar-refractivity contribution in [3.8, 4) is 28.6 Å². The Morgan fingerprint density at radius 3 is 2.28 bits per heavy atom. The molecule has 170 valence electrons. The van der Waals surface area contributed by atoms with Crippen LogP contribution in [-0.2, 0) is 17.9 Å². The van der Waals surface area contributed by atoms with Gasteiger partial charge in [-0.15, -0.1) is 10.2 Å². The Balaban J connectivity index is 1.72. The Morgan fingerprint density at radius 2 is 1.72 bits per heavy atom. The summed E-state index contributed by atoms with van der Waals surface area (Å²) in [4.78, 5) is 12.3. The Kier molecular flexibility index (Phi) is 8.24. The SMILES string of the molecule is CCn1c(SCC(=O)NCc2ccc(Cl)cc2)nnc1-c1cc(OC)c(OC)c(OC)c1. The fourth-order valence-electron chi connectivity index (χ4n) is 3.09. The number of amides is 1. The number of nitrogens with zero attached hydrogens (tertiary/aromatic N) is 3. The van der Waals surface area contributed by atoms with Gasteiger partial charge in [0.25, 0.3) is 0 Å². The molecular weight excluding hydrogens is 452 g/mol. The molecule has 0 saturated carbocycles. The fourth-order valence-corrected chi connectivity index (χ4v) is 4.05. The first-order chi connectivity index (χ1) is 15.5. The van der Waals surface area contributed by atoms with Crippen molar-refractivity contribution in [3.05, 3.63) is 47.0 Å². The lowest BCUT2D eigenvalue weighted by Gasteiger charge is -2.14. The van der Waals surface area contributed by atoms with Gasteiger partial charge in [0.05, 0.1) is 27.1 Å². The summed E-state index contributed by atoms with van der Waals surface area (Å²) in [5, 5.41) is 12.8. The smallest absolute Gasteiger partial charge is 0.230 e. The molecule has 0 aliphatic rings. The van der Waals surface area contributed by atoms with E-state index in [2.05, 4.69) is 15.5 Å². The van der Waals surface area contributed by atoms with E-state index in [4.69, 9.17) is 25.8 Å². The third-order valence-electron chi connectivity index (χ3n) is 4.69. The Hall–Kier alpha value is -2.91. The molecule has 3 aromatic rings. The first-order valence-corrected chi connectivity index (χ1v) is 11.2. The number of aromatic nitrogens is 3. The van der Waals surface area contributed by atoms with E-state index in [1.54, 1.807) is 33.5 Å². The van der Waals surface area contributed by atoms with Gasteiger partial charge in [0.15, 0.2) is 22.5 Å². The average Bonchev–Trinajstić information content (AvgIpc) is 3.24. The second-order valence-corrected chi connectivity index (χ2v) is 8.04. The highest BCUT2D eigenvalue weighted by Crippen LogP contribution is 2.41. The van der Waals surface area contributed by atoms with Gasteiger partial charge in [0, 0.05) is 23.7 Å². The summed E-state index contributed by atoms with van der Waals surface area (Å²) in [5.74, 6) is 2.35. The second kappa shape index (κ2) is 11.1. The lowest BCUT2D eigenvalue weighted by Crippen LogP contribution is -2.24. The maximum Gasteiger partial charge on any atom is 0.230 e. The number of nitrogens with one attached hydrogen (secondary N) is 1. The summed E-state index contributed by atoms with van der Waals surface area (Å²) < 4.78 is 18.2. The van der Waals surface area contributed by atoms with Gasteiger partial charge in [-0.05, 0) is 36.8 Å². The number of benzene rings is 2. The number of thioether (sulfide) groups is 1. The van der Waals surface area contributed by atoms with E-state index in [1.807, 2.05) is 35.8 Å². The fraction of sp³-hybridized carbons (Fsp3) is 0.318. The number of carbonyl (C=O) groups is 1. The minimum Gasteiger partial charge on any atom is -0.493 e. The Labute approximate surface area is 196 Å². The minimum atomic E-state index is -0.0926. The standard InChI is InChI=1S/C22H25ClN4O4S/c1-5-27-21(15-10-17(29-2)20(31-4)18(11-15)30-3)25-26-22(27)32-13-19(28)24-12-14-6-8-16(23)9-7-14/h6-11H,5,12-13H2,1-4H3,(H,24,28). The van der Waals surface area contributed by atoms with Crippen LogP contribution in [0.25, 0.3) is 11.4 Å². The monoisotopic (exact) mass is 476 g/mol. The summed E-state index contributed by atoms with van der Waals surface area (Å²) in [6.45, 7) is 3.07. The largest absolute Gasteiger partial charge is 0.493 e. The van der Waals surface area contributed by atoms with Crippen LogP contribution < -0.4 is 19.5 Å². The van der Waals surface area contributed by atoms with Crippen molar-refractivity contribution in [2.24, 2.45) is 0 Å². The summed E-state index contributed by atoms with van der Waals surface area (Å²) in [6, 6.07) is 11.0. The molecule has 32 heavy (non-hydrogen) atoms. The zero-order valence-electron chi connectivity index (χ0n) is 18.3. The normalized spacial score (nSPS) is 10.7. The molecule has 10 heteroatoms. The van der Waals surface area contributed by atoms with Gasteiger partial charge >= 0.3 is 0 Å². The highest BCUT2D eigenvalue weighted by atomic mass is 35.5. The van der Waals surface area contributed by atoms with Crippen LogP contribution >= 0.6 is 23.4 Å². The van der Waals surface area contributed by atoms with Crippen molar-refractivity contribution in [2.75, 3.05) is 27.1 Å². The van der Waals surface area contributed by atoms with Crippen molar-refractivity contribution in [3.63, 3.8) is 0 Å². The number of halogens is 1. The Morgan fingerprint density at radius 1 is 1.06 bits per heavy atom. The number of hydrogen-bond acceptors (Lipinski definition) is 7. The molecule has 1 N–H and O–H groups in total. The number of methoxy groups -OCH3 is 3. The van der Waals surface area contributed by atoms with Crippen molar-refractivity contribution in [1.29, 1.82) is 0 Å². The highest BCUT2D eigenvalue weighted by molar-refractivity contribution is 7.99. The van der Waals surface area contributed by atoms with Crippen molar-refractivity contribution in [1.82, 2.24) is 20.1 Å². The van der Waals surface area contributed by atoms with Gasteiger partial charge in [0.1, 0.15) is 0 Å². The highest BCUT2D eigenvalue weighted by Gasteiger charge is 2.19. The van der Waals surface area contributed by atoms with Crippen molar-refractivity contribution in [2.45, 2.75) is 25.2 Å². The van der Waals surface area contributed by atoms with Crippen LogP contribution in [0.3, 0.4) is 0 Å². The second-order valence-electron chi connectivity index (χ2n) is 6.66. The molecule has 0 spiro atoms. The van der Waals surface area contributed by atoms with Crippen LogP contribution in [0.5, 0.6) is 17.2 Å². The van der Waals surface area contributed by atoms with Gasteiger partial charge in [-0.3, -0.25) is 4.79 Å². The van der Waals surface area contributed by atoms with Crippen molar-refractivity contribution < 1.29 is 19.0 Å². The van der Waals surface area contributed by atoms with E-state index < -0.39 is 0 Å². The van der Waals surface area contributed by atoms with Crippen LogP contribution in [0.2, 0.25) is 5.02 Å². The molecule has 2 aromatic carbocycles. The number of carbonyl (C=O) groups excluding carboxylic acids is 1. The third kappa shape index (κ3) is 5.46. The zero-order chi connectivity index (χ0) is 23.1. The van der Waals surface area contributed by atoms with E-state index >= 15 is 0 Å². The summed E-state index contributed by atoms with van der Waals surface area (Å²) in [5.41, 5.74) is 1.75. The molecule has 0 atom stereocenters. The quantitative estimate of drug-likeness (QED) is 0.441. The van der Waals surface area contributed by atoms with E-state index in [9.17, 15) is 4.79 Å². The molecule has 1 aromatic heterocycles. The lowest BCUT2D eigenvalue weighted by molar-refractivity contribution is -0.118. The molecule has 1 amide bonds. The van der Waals surface area contributed by atoms with E-state index in [-0.39, 0.29) is 11.7 Å². The van der Waals surface area contributed by atoms with Gasteiger partial charge in [0.2, 0.25) is 11.7 Å². The van der Waals surface area contributed by atoms with Crippen LogP contribution in [-0.4, -0.2) is 47.8 Å². The summed E-state index contributed by atoms with van der Waals surface area (Å²) >= 11 is 7.22. The average molecular weight is 477 g/mol. The summed E-state index contributed by atoms with van der Waals surface area (Å²) in [6.07, 6.45) is 0. The number of ether oxygens (including phenoxy) is 3. The molecule has 0 fully saturated rings. The number of rotatable bonds is 10. The van der Waals surface area contributed by atoms with E-state index in [1.165, 1.54) is 11.8 Å². The Bertz CT molecular complexity index is 1050. The topological polar surface area (TPSA) is 87.5 Å². The first-order valence-electron chi connectivity index (χ1n) is 9.88. The molecule has 1 heterocycles. The van der Waals surface area contributed by atoms with Crippen molar-refractivity contribution >= 4 is 29.3 Å². The molecular formula is C22H25ClN4O4S. The van der Waals surface area contributed by atoms with Crippen LogP contribution in [0.15, 0.2) is 41.6 Å². The zero-order valence-corrected chi connectivity index (χ0v) is 19.9. The molecule has 8 nitrogen and oxygen atoms in total. The van der Waals surface area contributed by atoms with Gasteiger partial charge < -0.3 is 24.1 Å². The van der Waals surface area contributed by atoms with Gasteiger partial charge in [-0.25, -0.2) is 0 Å². The third-order valence-corrected chi connectivity index (χ3v) is 5.91. The molecule has 0 aliphatic carbocycles. The van der Waals surface area contributed by atoms with Gasteiger partial charge in [-0.2, -0.15) is 0 Å². The minimum absolute atomic E-state index is 0.0926. The molecule has 0 bridgehead atoms. The molecule has 0 aliphatic heterocycles. The maximum absolute atomic E-state index is 12.3. The first kappa shape index (κ1) is 23.7. The summed E-state index contributed by atoms with van der Waals surface area (Å²) in [7, 11) is 4.69. The predicted molar refractivity (Wildman–Crippen MR) is 125 cm³/mol. The molecule has 0 radical (unpaired) electrons. The molecule has 0 saturated heterocycles. The number of hydrogen-bond donors (Lipinski definition) is 1. The van der Waals surface area contributed by atoms with Crippen LogP contribution in [0.4, 0.5) is 0 Å². The molecule has 3 rings (SSSR count). The maximum atomic E-state index is 12.3. The lowest BCUT2D eigenvalue weighted by atomic mass is 10.1. The van der Waals surface area contributed by atoms with E-state index in [0.29, 0.717) is 46.3 Å². The van der Waals surface area contributed by atoms with E-state index in [0.717, 1.165) is 11.1 Å². The van der Waals surface area contributed by atoms with Crippen LogP contribution in [0.1, 0.15) is 12.5 Å².